The molecule has 8 heteroatoms. The second-order valence-corrected chi connectivity index (χ2v) is 6.98. The van der Waals surface area contributed by atoms with Gasteiger partial charge < -0.3 is 14.6 Å². The Kier molecular flexibility index (Phi) is 5.59. The van der Waals surface area contributed by atoms with E-state index in [9.17, 15) is 19.1 Å². The lowest BCUT2D eigenvalue weighted by atomic mass is 9.95. The summed E-state index contributed by atoms with van der Waals surface area (Å²) in [5.74, 6) is -1.53. The third kappa shape index (κ3) is 3.56. The van der Waals surface area contributed by atoms with Gasteiger partial charge in [0.25, 0.3) is 5.78 Å². The van der Waals surface area contributed by atoms with Crippen LogP contribution in [0.3, 0.4) is 0 Å². The van der Waals surface area contributed by atoms with E-state index in [-0.39, 0.29) is 17.0 Å². The molecule has 162 valence electrons. The van der Waals surface area contributed by atoms with Gasteiger partial charge in [0, 0.05) is 11.8 Å². The van der Waals surface area contributed by atoms with Crippen molar-refractivity contribution in [1.82, 2.24) is 4.98 Å². The number of hydrogen-bond donors (Lipinski definition) is 1. The zero-order chi connectivity index (χ0) is 22.8. The highest BCUT2D eigenvalue weighted by molar-refractivity contribution is 6.51. The zero-order valence-electron chi connectivity index (χ0n) is 17.3. The first-order chi connectivity index (χ1) is 15.5. The monoisotopic (exact) mass is 434 g/mol. The number of ketones is 1. The van der Waals surface area contributed by atoms with E-state index in [0.717, 1.165) is 12.1 Å². The molecule has 2 heterocycles. The van der Waals surface area contributed by atoms with Crippen molar-refractivity contribution in [3.05, 3.63) is 89.4 Å². The predicted octanol–water partition coefficient (Wildman–Crippen LogP) is 3.86. The lowest BCUT2D eigenvalue weighted by Gasteiger charge is -2.25. The van der Waals surface area contributed by atoms with E-state index >= 15 is 0 Å². The Bertz CT molecular complexity index is 1210. The lowest BCUT2D eigenvalue weighted by Crippen LogP contribution is -2.30. The number of rotatable bonds is 5. The van der Waals surface area contributed by atoms with Crippen LogP contribution in [0.4, 0.5) is 10.2 Å². The van der Waals surface area contributed by atoms with E-state index < -0.39 is 29.3 Å². The van der Waals surface area contributed by atoms with Crippen LogP contribution in [0.1, 0.15) is 17.2 Å². The third-order valence-corrected chi connectivity index (χ3v) is 5.18. The lowest BCUT2D eigenvalue weighted by molar-refractivity contribution is -0.132. The first-order valence-electron chi connectivity index (χ1n) is 9.66. The maximum atomic E-state index is 13.4. The van der Waals surface area contributed by atoms with Gasteiger partial charge in [0.15, 0.2) is 11.5 Å². The Labute approximate surface area is 183 Å². The average Bonchev–Trinajstić information content (AvgIpc) is 3.09. The molecule has 0 spiro atoms. The molecule has 1 aliphatic heterocycles. The van der Waals surface area contributed by atoms with Gasteiger partial charge in [-0.15, -0.1) is 0 Å². The van der Waals surface area contributed by atoms with Crippen molar-refractivity contribution in [3.8, 4) is 11.5 Å². The van der Waals surface area contributed by atoms with E-state index in [1.165, 1.54) is 37.4 Å². The minimum atomic E-state index is -0.991. The molecular formula is C24H19FN2O5. The topological polar surface area (TPSA) is 89.0 Å². The Balaban J connectivity index is 1.96. The van der Waals surface area contributed by atoms with Crippen LogP contribution in [0, 0.1) is 5.82 Å². The van der Waals surface area contributed by atoms with Crippen LogP contribution in [-0.2, 0) is 9.59 Å². The fourth-order valence-corrected chi connectivity index (χ4v) is 3.67. The molecule has 1 amide bonds. The summed E-state index contributed by atoms with van der Waals surface area (Å²) < 4.78 is 24.0. The van der Waals surface area contributed by atoms with Gasteiger partial charge in [0.2, 0.25) is 0 Å². The van der Waals surface area contributed by atoms with Crippen molar-refractivity contribution in [1.29, 1.82) is 0 Å². The van der Waals surface area contributed by atoms with Crippen molar-refractivity contribution < 1.29 is 28.6 Å². The average molecular weight is 434 g/mol. The van der Waals surface area contributed by atoms with Gasteiger partial charge in [0.1, 0.15) is 17.4 Å². The first kappa shape index (κ1) is 21.0. The quantitative estimate of drug-likeness (QED) is 0.373. The fraction of sp³-hybridized carbons (Fsp3) is 0.125. The Morgan fingerprint density at radius 2 is 1.72 bits per heavy atom. The number of nitrogens with zero attached hydrogens (tertiary/aromatic N) is 2. The summed E-state index contributed by atoms with van der Waals surface area (Å²) in [7, 11) is 2.96. The third-order valence-electron chi connectivity index (χ3n) is 5.18. The number of ether oxygens (including phenoxy) is 2. The SMILES string of the molecule is COc1ccc(C2/C(=C(/O)c3ccc(F)cc3)C(=O)C(=O)N2c2ccccn2)cc1OC. The van der Waals surface area contributed by atoms with E-state index in [0.29, 0.717) is 17.1 Å². The number of carbonyl (C=O) groups is 2. The van der Waals surface area contributed by atoms with E-state index in [4.69, 9.17) is 9.47 Å². The molecule has 1 N–H and O–H groups in total. The molecule has 1 saturated heterocycles. The van der Waals surface area contributed by atoms with Crippen molar-refractivity contribution in [2.75, 3.05) is 19.1 Å². The molecule has 7 nitrogen and oxygen atoms in total. The standard InChI is InChI=1S/C24H19FN2O5/c1-31-17-11-8-15(13-18(17)32-2)21-20(22(28)14-6-9-16(25)10-7-14)23(29)24(30)27(21)19-5-3-4-12-26-19/h3-13,21,28H,1-2H3/b22-20-. The number of aliphatic hydroxyl groups excluding tert-OH is 1. The number of amides is 1. The number of methoxy groups -OCH3 is 2. The predicted molar refractivity (Wildman–Crippen MR) is 115 cm³/mol. The van der Waals surface area contributed by atoms with E-state index in [1.807, 2.05) is 0 Å². The Hall–Kier alpha value is -4.20. The molecule has 1 unspecified atom stereocenters. The van der Waals surface area contributed by atoms with Gasteiger partial charge in [-0.3, -0.25) is 14.5 Å². The second-order valence-electron chi connectivity index (χ2n) is 6.98. The normalized spacial score (nSPS) is 17.5. The second kappa shape index (κ2) is 8.50. The number of aliphatic hydroxyl groups is 1. The van der Waals surface area contributed by atoms with E-state index in [2.05, 4.69) is 4.98 Å². The van der Waals surface area contributed by atoms with E-state index in [1.54, 1.807) is 36.4 Å². The number of aromatic nitrogens is 1. The van der Waals surface area contributed by atoms with Gasteiger partial charge in [-0.25, -0.2) is 9.37 Å². The van der Waals surface area contributed by atoms with Gasteiger partial charge in [-0.1, -0.05) is 12.1 Å². The van der Waals surface area contributed by atoms with Crippen molar-refractivity contribution >= 4 is 23.3 Å². The Morgan fingerprint density at radius 1 is 1.00 bits per heavy atom. The molecule has 3 aromatic rings. The largest absolute Gasteiger partial charge is 0.507 e. The Morgan fingerprint density at radius 3 is 2.34 bits per heavy atom. The van der Waals surface area contributed by atoms with Gasteiger partial charge in [-0.2, -0.15) is 0 Å². The molecule has 4 rings (SSSR count). The summed E-state index contributed by atoms with van der Waals surface area (Å²) >= 11 is 0. The van der Waals surface area contributed by atoms with Crippen LogP contribution in [-0.4, -0.2) is 36.0 Å². The summed E-state index contributed by atoms with van der Waals surface area (Å²) in [4.78, 5) is 31.5. The van der Waals surface area contributed by atoms with Crippen LogP contribution < -0.4 is 14.4 Å². The van der Waals surface area contributed by atoms with Crippen LogP contribution >= 0.6 is 0 Å². The first-order valence-corrected chi connectivity index (χ1v) is 9.66. The summed E-state index contributed by atoms with van der Waals surface area (Å²) in [5, 5.41) is 11.0. The molecule has 0 radical (unpaired) electrons. The minimum Gasteiger partial charge on any atom is -0.507 e. The smallest absolute Gasteiger partial charge is 0.301 e. The number of hydrogen-bond acceptors (Lipinski definition) is 6. The zero-order valence-corrected chi connectivity index (χ0v) is 17.3. The van der Waals surface area contributed by atoms with Crippen LogP contribution in [0.15, 0.2) is 72.4 Å². The molecule has 0 saturated carbocycles. The molecule has 32 heavy (non-hydrogen) atoms. The summed E-state index contributed by atoms with van der Waals surface area (Å²) in [6, 6.07) is 13.9. The summed E-state index contributed by atoms with van der Waals surface area (Å²) in [6.07, 6.45) is 1.50. The number of anilines is 1. The minimum absolute atomic E-state index is 0.139. The van der Waals surface area contributed by atoms with Gasteiger partial charge in [-0.05, 0) is 54.1 Å². The number of carbonyl (C=O) groups excluding carboxylic acids is 2. The van der Waals surface area contributed by atoms with Gasteiger partial charge >= 0.3 is 5.91 Å². The highest BCUT2D eigenvalue weighted by atomic mass is 19.1. The molecule has 0 bridgehead atoms. The highest BCUT2D eigenvalue weighted by Gasteiger charge is 2.47. The van der Waals surface area contributed by atoms with Crippen LogP contribution in [0.2, 0.25) is 0 Å². The molecule has 2 aromatic carbocycles. The molecule has 1 aliphatic rings. The van der Waals surface area contributed by atoms with Crippen molar-refractivity contribution in [3.63, 3.8) is 0 Å². The van der Waals surface area contributed by atoms with Crippen LogP contribution in [0.25, 0.3) is 5.76 Å². The molecule has 1 aromatic heterocycles. The molecule has 1 atom stereocenters. The molecular weight excluding hydrogens is 415 g/mol. The molecule has 0 aliphatic carbocycles. The van der Waals surface area contributed by atoms with Crippen LogP contribution in [0.5, 0.6) is 11.5 Å². The number of benzene rings is 2. The summed E-state index contributed by atoms with van der Waals surface area (Å²) in [5.41, 5.74) is 0.562. The number of halogens is 1. The van der Waals surface area contributed by atoms with Crippen molar-refractivity contribution in [2.45, 2.75) is 6.04 Å². The molecule has 1 fully saturated rings. The number of Topliss-reactive ketones (excluding diaryl/α,β-unsaturated/α-hetero) is 1. The van der Waals surface area contributed by atoms with Crippen molar-refractivity contribution in [2.24, 2.45) is 0 Å². The summed E-state index contributed by atoms with van der Waals surface area (Å²) in [6.45, 7) is 0. The maximum absolute atomic E-state index is 13.4. The highest BCUT2D eigenvalue weighted by Crippen LogP contribution is 2.43. The maximum Gasteiger partial charge on any atom is 0.301 e. The fourth-order valence-electron chi connectivity index (χ4n) is 3.67. The number of pyridine rings is 1. The van der Waals surface area contributed by atoms with Gasteiger partial charge in [0.05, 0.1) is 25.8 Å².